The number of amides is 1. The number of hydrogen-bond donors (Lipinski definition) is 1. The molecule has 6 nitrogen and oxygen atoms in total. The standard InChI is InChI=1S/C18H17N3O3/c1-11-7-6-9-13-15(18(23)21(2)16(11)13)19-20-17(22)12-8-4-5-10-14(12)24-3/h4-10,23H,1-3H3. The van der Waals surface area contributed by atoms with E-state index in [0.717, 1.165) is 16.5 Å². The summed E-state index contributed by atoms with van der Waals surface area (Å²) in [6, 6.07) is 12.5. The molecule has 0 unspecified atom stereocenters. The first kappa shape index (κ1) is 15.7. The minimum Gasteiger partial charge on any atom is -0.496 e. The van der Waals surface area contributed by atoms with Crippen molar-refractivity contribution in [3.05, 3.63) is 53.6 Å². The van der Waals surface area contributed by atoms with Crippen molar-refractivity contribution in [2.75, 3.05) is 7.11 Å². The van der Waals surface area contributed by atoms with Crippen LogP contribution in [0.2, 0.25) is 0 Å². The van der Waals surface area contributed by atoms with E-state index in [9.17, 15) is 9.90 Å². The number of methoxy groups -OCH3 is 1. The van der Waals surface area contributed by atoms with Crippen LogP contribution < -0.4 is 4.74 Å². The number of nitrogens with zero attached hydrogens (tertiary/aromatic N) is 3. The van der Waals surface area contributed by atoms with E-state index < -0.39 is 5.91 Å². The molecule has 122 valence electrons. The van der Waals surface area contributed by atoms with Crippen LogP contribution in [-0.4, -0.2) is 22.7 Å². The van der Waals surface area contributed by atoms with Crippen molar-refractivity contribution in [2.45, 2.75) is 6.92 Å². The zero-order chi connectivity index (χ0) is 17.3. The highest BCUT2D eigenvalue weighted by atomic mass is 16.5. The molecule has 0 radical (unpaired) electrons. The number of para-hydroxylation sites is 2. The summed E-state index contributed by atoms with van der Waals surface area (Å²) in [5.74, 6) is -0.133. The third-order valence-electron chi connectivity index (χ3n) is 3.94. The summed E-state index contributed by atoms with van der Waals surface area (Å²) in [4.78, 5) is 12.3. The van der Waals surface area contributed by atoms with Gasteiger partial charge in [0.05, 0.1) is 18.2 Å². The predicted octanol–water partition coefficient (Wildman–Crippen LogP) is 4.13. The van der Waals surface area contributed by atoms with Crippen LogP contribution in [0, 0.1) is 6.92 Å². The smallest absolute Gasteiger partial charge is 0.299 e. The van der Waals surface area contributed by atoms with Crippen LogP contribution >= 0.6 is 0 Å². The van der Waals surface area contributed by atoms with Crippen molar-refractivity contribution in [2.24, 2.45) is 17.3 Å². The second-order valence-corrected chi connectivity index (χ2v) is 5.41. The molecule has 0 aliphatic rings. The summed E-state index contributed by atoms with van der Waals surface area (Å²) >= 11 is 0. The zero-order valence-corrected chi connectivity index (χ0v) is 13.6. The van der Waals surface area contributed by atoms with E-state index in [4.69, 9.17) is 4.74 Å². The number of hydrogen-bond acceptors (Lipinski definition) is 4. The maximum absolute atomic E-state index is 12.3. The van der Waals surface area contributed by atoms with Crippen LogP contribution in [0.1, 0.15) is 15.9 Å². The number of azo groups is 1. The molecule has 0 bridgehead atoms. The number of carbonyl (C=O) groups excluding carboxylic acids is 1. The van der Waals surface area contributed by atoms with Crippen LogP contribution in [0.5, 0.6) is 11.6 Å². The van der Waals surface area contributed by atoms with E-state index in [1.165, 1.54) is 7.11 Å². The Morgan fingerprint density at radius 1 is 1.17 bits per heavy atom. The fourth-order valence-corrected chi connectivity index (χ4v) is 2.75. The van der Waals surface area contributed by atoms with Gasteiger partial charge in [0, 0.05) is 12.4 Å². The molecule has 0 saturated heterocycles. The summed E-state index contributed by atoms with van der Waals surface area (Å²) < 4.78 is 6.79. The van der Waals surface area contributed by atoms with E-state index in [-0.39, 0.29) is 11.6 Å². The maximum atomic E-state index is 12.3. The second-order valence-electron chi connectivity index (χ2n) is 5.41. The van der Waals surface area contributed by atoms with Crippen molar-refractivity contribution in [3.63, 3.8) is 0 Å². The van der Waals surface area contributed by atoms with Gasteiger partial charge in [0.1, 0.15) is 5.75 Å². The van der Waals surface area contributed by atoms with Crippen molar-refractivity contribution >= 4 is 22.5 Å². The van der Waals surface area contributed by atoms with Crippen LogP contribution in [0.3, 0.4) is 0 Å². The van der Waals surface area contributed by atoms with Gasteiger partial charge in [0.25, 0.3) is 5.91 Å². The van der Waals surface area contributed by atoms with Gasteiger partial charge in [0.2, 0.25) is 5.88 Å². The van der Waals surface area contributed by atoms with Crippen LogP contribution in [0.25, 0.3) is 10.9 Å². The van der Waals surface area contributed by atoms with Gasteiger partial charge in [-0.1, -0.05) is 30.3 Å². The van der Waals surface area contributed by atoms with Gasteiger partial charge in [0.15, 0.2) is 5.69 Å². The Morgan fingerprint density at radius 3 is 2.67 bits per heavy atom. The average molecular weight is 323 g/mol. The van der Waals surface area contributed by atoms with Gasteiger partial charge in [-0.05, 0) is 24.6 Å². The molecule has 1 amide bonds. The summed E-state index contributed by atoms with van der Waals surface area (Å²) in [6.07, 6.45) is 0. The van der Waals surface area contributed by atoms with Gasteiger partial charge in [-0.25, -0.2) is 0 Å². The largest absolute Gasteiger partial charge is 0.496 e. The monoisotopic (exact) mass is 323 g/mol. The first-order chi connectivity index (χ1) is 11.5. The Morgan fingerprint density at radius 2 is 1.92 bits per heavy atom. The molecule has 24 heavy (non-hydrogen) atoms. The predicted molar refractivity (Wildman–Crippen MR) is 91.2 cm³/mol. The third kappa shape index (κ3) is 2.52. The molecule has 0 aliphatic heterocycles. The number of fused-ring (bicyclic) bond motifs is 1. The van der Waals surface area contributed by atoms with E-state index >= 15 is 0 Å². The highest BCUT2D eigenvalue weighted by molar-refractivity contribution is 5.99. The minimum absolute atomic E-state index is 0.0316. The lowest BCUT2D eigenvalue weighted by Crippen LogP contribution is -1.97. The molecule has 0 spiro atoms. The van der Waals surface area contributed by atoms with E-state index in [2.05, 4.69) is 10.2 Å². The van der Waals surface area contributed by atoms with E-state index in [0.29, 0.717) is 11.3 Å². The van der Waals surface area contributed by atoms with Gasteiger partial charge in [-0.15, -0.1) is 10.2 Å². The zero-order valence-electron chi connectivity index (χ0n) is 13.6. The molecule has 6 heteroatoms. The molecular weight excluding hydrogens is 306 g/mol. The number of aromatic nitrogens is 1. The molecule has 3 rings (SSSR count). The van der Waals surface area contributed by atoms with Gasteiger partial charge in [-0.3, -0.25) is 4.79 Å². The molecule has 0 aliphatic carbocycles. The van der Waals surface area contributed by atoms with Gasteiger partial charge in [-0.2, -0.15) is 0 Å². The van der Waals surface area contributed by atoms with E-state index in [1.54, 1.807) is 35.9 Å². The van der Waals surface area contributed by atoms with Crippen molar-refractivity contribution in [1.82, 2.24) is 4.57 Å². The summed E-state index contributed by atoms with van der Waals surface area (Å²) in [7, 11) is 3.23. The van der Waals surface area contributed by atoms with Crippen molar-refractivity contribution in [3.8, 4) is 11.6 Å². The van der Waals surface area contributed by atoms with Crippen LogP contribution in [0.15, 0.2) is 52.7 Å². The summed E-state index contributed by atoms with van der Waals surface area (Å²) in [5.41, 5.74) is 2.45. The Labute approximate surface area is 139 Å². The van der Waals surface area contributed by atoms with Gasteiger partial charge < -0.3 is 14.4 Å². The number of ether oxygens (including phenoxy) is 1. The van der Waals surface area contributed by atoms with Crippen LogP contribution in [-0.2, 0) is 7.05 Å². The first-order valence-corrected chi connectivity index (χ1v) is 7.40. The first-order valence-electron chi connectivity index (χ1n) is 7.40. The Balaban J connectivity index is 2.04. The quantitative estimate of drug-likeness (QED) is 0.736. The van der Waals surface area contributed by atoms with Crippen molar-refractivity contribution < 1.29 is 14.6 Å². The Bertz CT molecular complexity index is 958. The molecule has 3 aromatic rings. The maximum Gasteiger partial charge on any atom is 0.299 e. The number of rotatable bonds is 3. The fourth-order valence-electron chi connectivity index (χ4n) is 2.75. The molecule has 2 aromatic carbocycles. The molecule has 0 fully saturated rings. The lowest BCUT2D eigenvalue weighted by Gasteiger charge is -2.03. The Hall–Kier alpha value is -3.15. The lowest BCUT2D eigenvalue weighted by atomic mass is 10.1. The number of carbonyl (C=O) groups is 1. The third-order valence-corrected chi connectivity index (χ3v) is 3.94. The number of aryl methyl sites for hydroxylation is 2. The molecule has 1 aromatic heterocycles. The summed E-state index contributed by atoms with van der Waals surface area (Å²) in [6.45, 7) is 1.95. The SMILES string of the molecule is COc1ccccc1C(=O)N=Nc1c(O)n(C)c2c(C)cccc12. The average Bonchev–Trinajstić information content (AvgIpc) is 2.84. The molecule has 1 N–H and O–H groups in total. The lowest BCUT2D eigenvalue weighted by molar-refractivity contribution is 0.0992. The summed E-state index contributed by atoms with van der Waals surface area (Å²) in [5, 5.41) is 18.8. The molecular formula is C18H17N3O3. The van der Waals surface area contributed by atoms with Gasteiger partial charge >= 0.3 is 0 Å². The highest BCUT2D eigenvalue weighted by Gasteiger charge is 2.17. The highest BCUT2D eigenvalue weighted by Crippen LogP contribution is 2.39. The second kappa shape index (κ2) is 6.16. The normalized spacial score (nSPS) is 11.3. The Kier molecular flexibility index (Phi) is 4.04. The minimum atomic E-state index is -0.531. The molecule has 1 heterocycles. The van der Waals surface area contributed by atoms with Crippen LogP contribution in [0.4, 0.5) is 5.69 Å². The number of benzene rings is 2. The van der Waals surface area contributed by atoms with E-state index in [1.807, 2.05) is 25.1 Å². The number of aromatic hydroxyl groups is 1. The van der Waals surface area contributed by atoms with Crippen molar-refractivity contribution in [1.29, 1.82) is 0 Å². The molecule has 0 saturated carbocycles. The topological polar surface area (TPSA) is 76.2 Å². The molecule has 0 atom stereocenters. The fraction of sp³-hybridized carbons (Fsp3) is 0.167.